The van der Waals surface area contributed by atoms with Crippen LogP contribution in [0.4, 0.5) is 5.69 Å². The van der Waals surface area contributed by atoms with Crippen molar-refractivity contribution in [1.29, 1.82) is 0 Å². The molecule has 0 atom stereocenters. The number of hydrogen-bond donors (Lipinski definition) is 2. The average molecular weight is 306 g/mol. The molecule has 2 N–H and O–H groups in total. The number of benzene rings is 1. The topological polar surface area (TPSA) is 88.5 Å². The van der Waals surface area contributed by atoms with E-state index in [1.165, 1.54) is 36.6 Å². The molecule has 0 fully saturated rings. The predicted octanol–water partition coefficient (Wildman–Crippen LogP) is 2.34. The fourth-order valence-electron chi connectivity index (χ4n) is 1.80. The van der Waals surface area contributed by atoms with E-state index in [4.69, 9.17) is 9.84 Å². The number of ether oxygens (including phenoxy) is 1. The lowest BCUT2D eigenvalue weighted by Crippen LogP contribution is -2.15. The number of aromatic carboxylic acids is 1. The number of aromatic nitrogens is 1. The molecule has 6 nitrogen and oxygen atoms in total. The van der Waals surface area contributed by atoms with Gasteiger partial charge in [-0.25, -0.2) is 9.78 Å². The van der Waals surface area contributed by atoms with Gasteiger partial charge in [0.2, 0.25) is 5.91 Å². The normalized spacial score (nSPS) is 10.2. The summed E-state index contributed by atoms with van der Waals surface area (Å²) in [6.45, 7) is 1.88. The van der Waals surface area contributed by atoms with Gasteiger partial charge in [-0.1, -0.05) is 0 Å². The Bertz CT molecular complexity index is 681. The second kappa shape index (κ2) is 6.36. The second-order valence-electron chi connectivity index (χ2n) is 4.30. The number of nitrogens with zero attached hydrogens (tertiary/aromatic N) is 1. The van der Waals surface area contributed by atoms with Crippen LogP contribution in [0.2, 0.25) is 0 Å². The fourth-order valence-corrected chi connectivity index (χ4v) is 2.42. The molecule has 2 aromatic rings. The van der Waals surface area contributed by atoms with E-state index in [0.717, 1.165) is 5.01 Å². The molecule has 0 radical (unpaired) electrons. The summed E-state index contributed by atoms with van der Waals surface area (Å²) in [7, 11) is 1.38. The largest absolute Gasteiger partial charge is 0.496 e. The number of carbonyl (C=O) groups is 2. The van der Waals surface area contributed by atoms with Gasteiger partial charge in [-0.15, -0.1) is 11.3 Å². The number of aryl methyl sites for hydroxylation is 1. The first-order valence-corrected chi connectivity index (χ1v) is 6.99. The molecule has 0 aliphatic heterocycles. The third-order valence-electron chi connectivity index (χ3n) is 2.72. The number of amides is 1. The summed E-state index contributed by atoms with van der Waals surface area (Å²) in [5, 5.41) is 14.4. The van der Waals surface area contributed by atoms with Crippen molar-refractivity contribution in [1.82, 2.24) is 4.98 Å². The number of hydrogen-bond acceptors (Lipinski definition) is 5. The lowest BCUT2D eigenvalue weighted by atomic mass is 10.1. The van der Waals surface area contributed by atoms with Crippen molar-refractivity contribution < 1.29 is 19.4 Å². The lowest BCUT2D eigenvalue weighted by molar-refractivity contribution is -0.115. The Labute approximate surface area is 125 Å². The number of methoxy groups -OCH3 is 1. The minimum atomic E-state index is -1.08. The van der Waals surface area contributed by atoms with Crippen LogP contribution in [0.25, 0.3) is 0 Å². The smallest absolute Gasteiger partial charge is 0.339 e. The number of anilines is 1. The van der Waals surface area contributed by atoms with Gasteiger partial charge in [-0.05, 0) is 19.1 Å². The maximum Gasteiger partial charge on any atom is 0.339 e. The average Bonchev–Trinajstić information content (AvgIpc) is 2.83. The highest BCUT2D eigenvalue weighted by atomic mass is 32.1. The second-order valence-corrected chi connectivity index (χ2v) is 5.37. The van der Waals surface area contributed by atoms with Gasteiger partial charge in [0.25, 0.3) is 0 Å². The van der Waals surface area contributed by atoms with Crippen molar-refractivity contribution in [3.05, 3.63) is 39.8 Å². The summed E-state index contributed by atoms with van der Waals surface area (Å²) in [5.74, 6) is -1.10. The first-order chi connectivity index (χ1) is 9.99. The molecule has 110 valence electrons. The first-order valence-electron chi connectivity index (χ1n) is 6.12. The molecule has 1 heterocycles. The Kier molecular flexibility index (Phi) is 4.54. The number of carboxylic acids is 1. The van der Waals surface area contributed by atoms with Gasteiger partial charge in [0.15, 0.2) is 0 Å². The number of carboxylic acid groups (broad SMARTS) is 1. The molecule has 0 spiro atoms. The highest BCUT2D eigenvalue weighted by Crippen LogP contribution is 2.23. The Morgan fingerprint density at radius 2 is 2.19 bits per heavy atom. The number of thiazole rings is 1. The third-order valence-corrected chi connectivity index (χ3v) is 3.55. The van der Waals surface area contributed by atoms with E-state index in [2.05, 4.69) is 10.3 Å². The van der Waals surface area contributed by atoms with Crippen LogP contribution in [0, 0.1) is 6.92 Å². The van der Waals surface area contributed by atoms with E-state index in [1.807, 2.05) is 12.3 Å². The van der Waals surface area contributed by atoms with Crippen molar-refractivity contribution >= 4 is 28.9 Å². The van der Waals surface area contributed by atoms with Crippen LogP contribution in [0.15, 0.2) is 23.6 Å². The van der Waals surface area contributed by atoms with Crippen molar-refractivity contribution in [2.45, 2.75) is 13.3 Å². The summed E-state index contributed by atoms with van der Waals surface area (Å²) in [4.78, 5) is 27.1. The van der Waals surface area contributed by atoms with Crippen LogP contribution in [0.5, 0.6) is 5.75 Å². The van der Waals surface area contributed by atoms with Gasteiger partial charge >= 0.3 is 5.97 Å². The molecule has 0 saturated heterocycles. The summed E-state index contributed by atoms with van der Waals surface area (Å²) < 4.78 is 5.01. The minimum absolute atomic E-state index is 0.0469. The minimum Gasteiger partial charge on any atom is -0.496 e. The van der Waals surface area contributed by atoms with Gasteiger partial charge in [-0.3, -0.25) is 4.79 Å². The molecule has 1 amide bonds. The molecule has 0 aliphatic rings. The highest BCUT2D eigenvalue weighted by Gasteiger charge is 2.13. The summed E-state index contributed by atoms with van der Waals surface area (Å²) in [6.07, 6.45) is 0.174. The van der Waals surface area contributed by atoms with E-state index in [9.17, 15) is 9.59 Å². The Hall–Kier alpha value is -2.41. The van der Waals surface area contributed by atoms with Gasteiger partial charge in [0.05, 0.1) is 24.2 Å². The standard InChI is InChI=1S/C14H14N2O4S/c1-8-15-10(7-21-8)6-13(17)16-9-3-4-11(14(18)19)12(5-9)20-2/h3-5,7H,6H2,1-2H3,(H,16,17)(H,18,19). The number of carbonyl (C=O) groups excluding carboxylic acids is 1. The van der Waals surface area contributed by atoms with Gasteiger partial charge in [0.1, 0.15) is 11.3 Å². The molecular formula is C14H14N2O4S. The van der Waals surface area contributed by atoms with Crippen molar-refractivity contribution in [2.75, 3.05) is 12.4 Å². The van der Waals surface area contributed by atoms with Crippen LogP contribution < -0.4 is 10.1 Å². The van der Waals surface area contributed by atoms with Gasteiger partial charge in [0, 0.05) is 17.1 Å². The summed E-state index contributed by atoms with van der Waals surface area (Å²) >= 11 is 1.49. The highest BCUT2D eigenvalue weighted by molar-refractivity contribution is 7.09. The number of nitrogens with one attached hydrogen (secondary N) is 1. The van der Waals surface area contributed by atoms with Crippen molar-refractivity contribution in [2.24, 2.45) is 0 Å². The monoisotopic (exact) mass is 306 g/mol. The molecule has 2 rings (SSSR count). The molecule has 7 heteroatoms. The zero-order chi connectivity index (χ0) is 15.4. The molecule has 0 saturated carbocycles. The third kappa shape index (κ3) is 3.79. The van der Waals surface area contributed by atoms with Gasteiger partial charge in [-0.2, -0.15) is 0 Å². The zero-order valence-electron chi connectivity index (χ0n) is 11.5. The SMILES string of the molecule is COc1cc(NC(=O)Cc2csc(C)n2)ccc1C(=O)O. The van der Waals surface area contributed by atoms with E-state index in [1.54, 1.807) is 0 Å². The van der Waals surface area contributed by atoms with E-state index < -0.39 is 5.97 Å². The Balaban J connectivity index is 2.08. The molecule has 0 unspecified atom stereocenters. The quantitative estimate of drug-likeness (QED) is 0.885. The van der Waals surface area contributed by atoms with E-state index in [-0.39, 0.29) is 23.6 Å². The molecule has 1 aromatic heterocycles. The fraction of sp³-hybridized carbons (Fsp3) is 0.214. The predicted molar refractivity (Wildman–Crippen MR) is 79.1 cm³/mol. The Morgan fingerprint density at radius 1 is 1.43 bits per heavy atom. The lowest BCUT2D eigenvalue weighted by Gasteiger charge is -2.09. The summed E-state index contributed by atoms with van der Waals surface area (Å²) in [6, 6.07) is 4.40. The van der Waals surface area contributed by atoms with E-state index >= 15 is 0 Å². The van der Waals surface area contributed by atoms with Crippen LogP contribution in [0.1, 0.15) is 21.1 Å². The first kappa shape index (κ1) is 15.0. The maximum absolute atomic E-state index is 11.9. The van der Waals surface area contributed by atoms with Crippen molar-refractivity contribution in [3.8, 4) is 5.75 Å². The molecule has 1 aromatic carbocycles. The molecular weight excluding hydrogens is 292 g/mol. The van der Waals surface area contributed by atoms with Crippen molar-refractivity contribution in [3.63, 3.8) is 0 Å². The van der Waals surface area contributed by atoms with Gasteiger partial charge < -0.3 is 15.2 Å². The summed E-state index contributed by atoms with van der Waals surface area (Å²) in [5.41, 5.74) is 1.24. The Morgan fingerprint density at radius 3 is 2.76 bits per heavy atom. The molecule has 0 aliphatic carbocycles. The maximum atomic E-state index is 11.9. The van der Waals surface area contributed by atoms with Crippen LogP contribution in [-0.2, 0) is 11.2 Å². The zero-order valence-corrected chi connectivity index (χ0v) is 12.4. The van der Waals surface area contributed by atoms with E-state index in [0.29, 0.717) is 11.4 Å². The van der Waals surface area contributed by atoms with Crippen LogP contribution in [-0.4, -0.2) is 29.1 Å². The molecule has 21 heavy (non-hydrogen) atoms. The van der Waals surface area contributed by atoms with Crippen LogP contribution in [0.3, 0.4) is 0 Å². The molecule has 0 bridgehead atoms. The van der Waals surface area contributed by atoms with Crippen LogP contribution >= 0.6 is 11.3 Å². The number of rotatable bonds is 5.